The van der Waals surface area contributed by atoms with E-state index in [1.165, 1.54) is 18.4 Å². The molecule has 2 aliphatic heterocycles. The molecule has 192 valence electrons. The van der Waals surface area contributed by atoms with Crippen LogP contribution in [0, 0.1) is 5.92 Å². The van der Waals surface area contributed by atoms with E-state index in [1.54, 1.807) is 18.5 Å². The summed E-state index contributed by atoms with van der Waals surface area (Å²) in [5.41, 5.74) is 1.75. The molecule has 36 heavy (non-hydrogen) atoms. The predicted octanol–water partition coefficient (Wildman–Crippen LogP) is 2.89. The van der Waals surface area contributed by atoms with E-state index in [0.717, 1.165) is 43.0 Å². The van der Waals surface area contributed by atoms with Crippen molar-refractivity contribution < 1.29 is 19.7 Å². The molecule has 1 amide bonds. The maximum Gasteiger partial charge on any atom is 0.220 e. The third-order valence-electron chi connectivity index (χ3n) is 9.50. The molecule has 2 saturated carbocycles. The first-order chi connectivity index (χ1) is 17.0. The number of carbonyl (C=O) groups excluding carboxylic acids is 1. The molecule has 5 aliphatic rings. The maximum atomic E-state index is 13.0. The minimum absolute atomic E-state index is 0. The van der Waals surface area contributed by atoms with E-state index in [4.69, 9.17) is 4.74 Å². The van der Waals surface area contributed by atoms with Crippen molar-refractivity contribution in [2.75, 3.05) is 13.1 Å². The second-order valence-corrected chi connectivity index (χ2v) is 11.4. The number of likely N-dealkylation sites (tertiary alicyclic amines) is 1. The van der Waals surface area contributed by atoms with Gasteiger partial charge >= 0.3 is 0 Å². The minimum atomic E-state index is -0.922. The smallest absolute Gasteiger partial charge is 0.220 e. The van der Waals surface area contributed by atoms with Gasteiger partial charge in [0.05, 0.1) is 17.1 Å². The monoisotopic (exact) mass is 511 g/mol. The Kier molecular flexibility index (Phi) is 5.74. The molecule has 0 radical (unpaired) electrons. The number of aryl methyl sites for hydroxylation is 1. The number of amides is 1. The molecule has 5 atom stereocenters. The highest BCUT2D eigenvalue weighted by molar-refractivity contribution is 5.85. The Balaban J connectivity index is 0.00000240. The molecule has 3 N–H and O–H groups in total. The van der Waals surface area contributed by atoms with Gasteiger partial charge in [0, 0.05) is 37.0 Å². The average Bonchev–Trinajstić information content (AvgIpc) is 3.60. The van der Waals surface area contributed by atoms with Crippen LogP contribution in [0.5, 0.6) is 11.5 Å². The van der Waals surface area contributed by atoms with Crippen molar-refractivity contribution in [2.45, 2.75) is 80.6 Å². The number of hydrogen-bond acceptors (Lipinski definition) is 6. The quantitative estimate of drug-likeness (QED) is 0.552. The van der Waals surface area contributed by atoms with Crippen molar-refractivity contribution in [3.63, 3.8) is 0 Å². The van der Waals surface area contributed by atoms with Gasteiger partial charge in [-0.25, -0.2) is 0 Å². The predicted molar refractivity (Wildman–Crippen MR) is 137 cm³/mol. The number of nitrogens with one attached hydrogen (secondary N) is 1. The topological polar surface area (TPSA) is 94.9 Å². The van der Waals surface area contributed by atoms with Gasteiger partial charge in [0.15, 0.2) is 11.5 Å². The molecule has 1 spiro atoms. The van der Waals surface area contributed by atoms with Crippen LogP contribution in [0.25, 0.3) is 0 Å². The fourth-order valence-corrected chi connectivity index (χ4v) is 7.72. The van der Waals surface area contributed by atoms with E-state index in [1.807, 2.05) is 18.2 Å². The highest BCUT2D eigenvalue weighted by atomic mass is 35.5. The van der Waals surface area contributed by atoms with Crippen LogP contribution in [-0.2, 0) is 23.1 Å². The van der Waals surface area contributed by atoms with E-state index in [9.17, 15) is 15.0 Å². The summed E-state index contributed by atoms with van der Waals surface area (Å²) in [6.07, 6.45) is 9.62. The molecule has 0 unspecified atom stereocenters. The number of pyridine rings is 1. The largest absolute Gasteiger partial charge is 0.504 e. The highest BCUT2D eigenvalue weighted by Crippen LogP contribution is 2.65. The van der Waals surface area contributed by atoms with Crippen LogP contribution >= 0.6 is 12.4 Å². The second-order valence-electron chi connectivity index (χ2n) is 11.4. The summed E-state index contributed by atoms with van der Waals surface area (Å²) in [5.74, 6) is 1.42. The third kappa shape index (κ3) is 3.39. The number of aliphatic hydroxyl groups is 1. The van der Waals surface area contributed by atoms with Crippen LogP contribution in [0.15, 0.2) is 36.7 Å². The molecule has 8 heteroatoms. The van der Waals surface area contributed by atoms with Crippen molar-refractivity contribution in [1.29, 1.82) is 0 Å². The second kappa shape index (κ2) is 8.61. The van der Waals surface area contributed by atoms with Crippen molar-refractivity contribution in [1.82, 2.24) is 15.2 Å². The summed E-state index contributed by atoms with van der Waals surface area (Å²) in [6.45, 7) is 1.98. The summed E-state index contributed by atoms with van der Waals surface area (Å²) in [4.78, 5) is 19.6. The SMILES string of the molecule is Cl.O=C(CCc1ccncc1)N[C@@H]1CC[C@@]2(O)[C@H]3Cc4ccc(O)c5c4[C@@]2(CCN3CC2CC2)[C@H]1O5. The van der Waals surface area contributed by atoms with Crippen LogP contribution < -0.4 is 10.1 Å². The number of halogens is 1. The lowest BCUT2D eigenvalue weighted by molar-refractivity contribution is -0.192. The van der Waals surface area contributed by atoms with Crippen LogP contribution in [0.1, 0.15) is 55.2 Å². The van der Waals surface area contributed by atoms with Crippen molar-refractivity contribution in [3.05, 3.63) is 53.3 Å². The van der Waals surface area contributed by atoms with Crippen molar-refractivity contribution in [2.24, 2.45) is 5.92 Å². The number of rotatable bonds is 6. The molecule has 2 aromatic rings. The third-order valence-corrected chi connectivity index (χ3v) is 9.50. The van der Waals surface area contributed by atoms with E-state index >= 15 is 0 Å². The Bertz CT molecular complexity index is 1170. The van der Waals surface area contributed by atoms with E-state index in [0.29, 0.717) is 31.4 Å². The highest BCUT2D eigenvalue weighted by Gasteiger charge is 2.73. The molecule has 3 aliphatic carbocycles. The van der Waals surface area contributed by atoms with Gasteiger partial charge in [-0.3, -0.25) is 14.7 Å². The Morgan fingerprint density at radius 2 is 1.97 bits per heavy atom. The van der Waals surface area contributed by atoms with Gasteiger partial charge in [-0.1, -0.05) is 6.07 Å². The number of phenolic OH excluding ortho intramolecular Hbond substituents is 1. The first-order valence-corrected chi connectivity index (χ1v) is 13.2. The van der Waals surface area contributed by atoms with E-state index in [2.05, 4.69) is 15.2 Å². The molecule has 2 bridgehead atoms. The van der Waals surface area contributed by atoms with Crippen LogP contribution in [0.3, 0.4) is 0 Å². The van der Waals surface area contributed by atoms with Gasteiger partial charge in [-0.05, 0) is 86.7 Å². The van der Waals surface area contributed by atoms with Crippen LogP contribution in [0.2, 0.25) is 0 Å². The Hall–Kier alpha value is -2.35. The molecule has 1 saturated heterocycles. The standard InChI is InChI=1S/C28H33N3O4.ClH/c32-21-5-4-19-15-22-28(34)10-7-20(30-23(33)6-3-17-8-12-29-13-9-17)26-27(28,24(19)25(21)35-26)11-14-31(22)16-18-1-2-18;/h4-5,8-9,12-13,18,20,22,26,32,34H,1-3,6-7,10-11,14-16H2,(H,30,33);1H/t20-,22-,26+,27+,28-;/m1./s1. The lowest BCUT2D eigenvalue weighted by Gasteiger charge is -2.64. The normalized spacial score (nSPS) is 33.8. The summed E-state index contributed by atoms with van der Waals surface area (Å²) >= 11 is 0. The number of carbonyl (C=O) groups is 1. The molecule has 7 rings (SSSR count). The first kappa shape index (κ1) is 24.0. The van der Waals surface area contributed by atoms with Gasteiger partial charge < -0.3 is 20.3 Å². The average molecular weight is 512 g/mol. The Morgan fingerprint density at radius 1 is 1.17 bits per heavy atom. The number of ether oxygens (including phenoxy) is 1. The van der Waals surface area contributed by atoms with Gasteiger partial charge in [-0.2, -0.15) is 0 Å². The Morgan fingerprint density at radius 3 is 2.75 bits per heavy atom. The number of hydrogen-bond donors (Lipinski definition) is 3. The van der Waals surface area contributed by atoms with Gasteiger partial charge in [0.2, 0.25) is 5.91 Å². The fraction of sp³-hybridized carbons (Fsp3) is 0.571. The number of aromatic hydroxyl groups is 1. The zero-order chi connectivity index (χ0) is 23.8. The molecule has 1 aromatic heterocycles. The zero-order valence-corrected chi connectivity index (χ0v) is 21.2. The molecular weight excluding hydrogens is 478 g/mol. The van der Waals surface area contributed by atoms with Gasteiger partial charge in [0.1, 0.15) is 6.10 Å². The van der Waals surface area contributed by atoms with Gasteiger partial charge in [-0.15, -0.1) is 12.4 Å². The lowest BCUT2D eigenvalue weighted by atomic mass is 9.48. The minimum Gasteiger partial charge on any atom is -0.504 e. The zero-order valence-electron chi connectivity index (χ0n) is 20.4. The summed E-state index contributed by atoms with van der Waals surface area (Å²) < 4.78 is 6.53. The number of phenols is 1. The summed E-state index contributed by atoms with van der Waals surface area (Å²) in [6, 6.07) is 7.47. The molecule has 3 fully saturated rings. The number of nitrogens with zero attached hydrogens (tertiary/aromatic N) is 2. The van der Waals surface area contributed by atoms with Crippen molar-refractivity contribution in [3.8, 4) is 11.5 Å². The Labute approximate surface area is 217 Å². The summed E-state index contributed by atoms with van der Waals surface area (Å²) in [7, 11) is 0. The van der Waals surface area contributed by atoms with Crippen LogP contribution in [-0.4, -0.2) is 62.9 Å². The fourth-order valence-electron chi connectivity index (χ4n) is 7.72. The van der Waals surface area contributed by atoms with Gasteiger partial charge in [0.25, 0.3) is 0 Å². The molecule has 1 aromatic carbocycles. The van der Waals surface area contributed by atoms with E-state index < -0.39 is 11.0 Å². The van der Waals surface area contributed by atoms with E-state index in [-0.39, 0.29) is 42.3 Å². The number of piperidine rings is 1. The van der Waals surface area contributed by atoms with Crippen molar-refractivity contribution >= 4 is 18.3 Å². The molecule has 7 nitrogen and oxygen atoms in total. The molecular formula is C28H34ClN3O4. The molecule has 3 heterocycles. The number of benzene rings is 1. The lowest BCUT2D eigenvalue weighted by Crippen LogP contribution is -2.78. The number of aromatic nitrogens is 1. The first-order valence-electron chi connectivity index (χ1n) is 13.2. The van der Waals surface area contributed by atoms with Crippen LogP contribution in [0.4, 0.5) is 0 Å². The summed E-state index contributed by atoms with van der Waals surface area (Å²) in [5, 5.41) is 26.5. The maximum absolute atomic E-state index is 13.0.